The zero-order valence-electron chi connectivity index (χ0n) is 10.4. The fraction of sp³-hybridized carbons (Fsp3) is 0.538. The molecule has 2 rings (SSSR count). The first-order chi connectivity index (χ1) is 8.91. The Morgan fingerprint density at radius 1 is 1.32 bits per heavy atom. The molecule has 0 aromatic heterocycles. The van der Waals surface area contributed by atoms with Gasteiger partial charge in [0, 0.05) is 21.5 Å². The minimum Gasteiger partial charge on any atom is -0.381 e. The summed E-state index contributed by atoms with van der Waals surface area (Å²) in [4.78, 5) is 0. The average Bonchev–Trinajstić information content (AvgIpc) is 2.74. The van der Waals surface area contributed by atoms with E-state index in [0.29, 0.717) is 9.72 Å². The monoisotopic (exact) mass is 353 g/mol. The summed E-state index contributed by atoms with van der Waals surface area (Å²) in [7, 11) is 0. The quantitative estimate of drug-likeness (QED) is 0.804. The molecule has 2 atom stereocenters. The van der Waals surface area contributed by atoms with Crippen molar-refractivity contribution in [3.63, 3.8) is 0 Å². The van der Waals surface area contributed by atoms with E-state index >= 15 is 0 Å². The van der Waals surface area contributed by atoms with Gasteiger partial charge in [-0.15, -0.1) is 0 Å². The van der Waals surface area contributed by atoms with Crippen LogP contribution >= 0.6 is 27.7 Å². The maximum absolute atomic E-state index is 13.0. The van der Waals surface area contributed by atoms with Gasteiger partial charge < -0.3 is 5.32 Å². The summed E-state index contributed by atoms with van der Waals surface area (Å²) in [6.07, 6.45) is 0.745. The van der Waals surface area contributed by atoms with Crippen molar-refractivity contribution in [1.82, 2.24) is 0 Å². The van der Waals surface area contributed by atoms with Crippen molar-refractivity contribution < 1.29 is 13.2 Å². The molecule has 0 heterocycles. The van der Waals surface area contributed by atoms with Crippen molar-refractivity contribution in [2.75, 3.05) is 11.6 Å². The minimum atomic E-state index is -4.32. The van der Waals surface area contributed by atoms with E-state index in [4.69, 9.17) is 0 Å². The molecule has 1 saturated carbocycles. The Hall–Kier alpha value is -0.360. The van der Waals surface area contributed by atoms with Crippen molar-refractivity contribution in [2.45, 2.75) is 36.7 Å². The first kappa shape index (κ1) is 15.0. The lowest BCUT2D eigenvalue weighted by molar-refractivity contribution is -0.137. The number of nitrogens with one attached hydrogen (secondary N) is 1. The van der Waals surface area contributed by atoms with Gasteiger partial charge in [-0.05, 0) is 37.3 Å². The summed E-state index contributed by atoms with van der Waals surface area (Å²) >= 11 is 4.95. The number of anilines is 1. The molecule has 6 heteroatoms. The van der Waals surface area contributed by atoms with Crippen LogP contribution in [0.2, 0.25) is 0 Å². The molecule has 0 aliphatic heterocycles. The van der Waals surface area contributed by atoms with Crippen LogP contribution in [0.3, 0.4) is 0 Å². The van der Waals surface area contributed by atoms with Gasteiger partial charge in [-0.25, -0.2) is 0 Å². The molecule has 19 heavy (non-hydrogen) atoms. The highest BCUT2D eigenvalue weighted by Crippen LogP contribution is 2.38. The third-order valence-corrected chi connectivity index (χ3v) is 5.05. The van der Waals surface area contributed by atoms with Crippen LogP contribution in [0, 0.1) is 0 Å². The van der Waals surface area contributed by atoms with Gasteiger partial charge in [0.1, 0.15) is 0 Å². The maximum Gasteiger partial charge on any atom is 0.418 e. The van der Waals surface area contributed by atoms with E-state index in [-0.39, 0.29) is 11.7 Å². The minimum absolute atomic E-state index is 0.116. The number of halogens is 4. The molecule has 1 aromatic rings. The summed E-state index contributed by atoms with van der Waals surface area (Å²) in [5.74, 6) is 0. The summed E-state index contributed by atoms with van der Waals surface area (Å²) in [6, 6.07) is 4.17. The number of rotatable bonds is 3. The second kappa shape index (κ2) is 5.95. The number of thioether (sulfide) groups is 1. The standard InChI is InChI=1S/C13H15BrF3NS/c1-19-12-4-2-3-10(12)18-11-7-8(14)5-6-9(11)13(15,16)17/h5-7,10,12,18H,2-4H2,1H3. The van der Waals surface area contributed by atoms with Gasteiger partial charge in [-0.3, -0.25) is 0 Å². The smallest absolute Gasteiger partial charge is 0.381 e. The van der Waals surface area contributed by atoms with E-state index in [9.17, 15) is 13.2 Å². The molecule has 2 unspecified atom stereocenters. The Morgan fingerprint density at radius 2 is 2.05 bits per heavy atom. The summed E-state index contributed by atoms with van der Waals surface area (Å²) in [5, 5.41) is 3.48. The van der Waals surface area contributed by atoms with Crippen molar-refractivity contribution in [2.24, 2.45) is 0 Å². The molecule has 0 bridgehead atoms. The third-order valence-electron chi connectivity index (χ3n) is 3.38. The highest BCUT2D eigenvalue weighted by Gasteiger charge is 2.35. The van der Waals surface area contributed by atoms with Crippen LogP contribution in [0.25, 0.3) is 0 Å². The number of hydrogen-bond donors (Lipinski definition) is 1. The highest BCUT2D eigenvalue weighted by atomic mass is 79.9. The van der Waals surface area contributed by atoms with Gasteiger partial charge in [0.05, 0.1) is 5.56 Å². The molecule has 1 aliphatic rings. The van der Waals surface area contributed by atoms with E-state index in [0.717, 1.165) is 25.3 Å². The predicted molar refractivity (Wildman–Crippen MR) is 77.7 cm³/mol. The fourth-order valence-electron chi connectivity index (χ4n) is 2.46. The average molecular weight is 354 g/mol. The van der Waals surface area contributed by atoms with Crippen LogP contribution in [0.1, 0.15) is 24.8 Å². The molecule has 1 fully saturated rings. The first-order valence-corrected chi connectivity index (χ1v) is 8.16. The molecule has 1 N–H and O–H groups in total. The topological polar surface area (TPSA) is 12.0 Å². The second-order valence-electron chi connectivity index (χ2n) is 4.64. The third kappa shape index (κ3) is 3.60. The first-order valence-electron chi connectivity index (χ1n) is 6.08. The number of alkyl halides is 3. The summed E-state index contributed by atoms with van der Waals surface area (Å²) < 4.78 is 39.6. The van der Waals surface area contributed by atoms with E-state index < -0.39 is 11.7 Å². The van der Waals surface area contributed by atoms with Gasteiger partial charge in [0.25, 0.3) is 0 Å². The Balaban J connectivity index is 2.26. The lowest BCUT2D eigenvalue weighted by atomic mass is 10.1. The zero-order valence-corrected chi connectivity index (χ0v) is 12.8. The van der Waals surface area contributed by atoms with Gasteiger partial charge in [-0.1, -0.05) is 22.4 Å². The van der Waals surface area contributed by atoms with E-state index in [1.54, 1.807) is 11.8 Å². The SMILES string of the molecule is CSC1CCCC1Nc1cc(Br)ccc1C(F)(F)F. The Kier molecular flexibility index (Phi) is 4.71. The molecule has 1 aliphatic carbocycles. The van der Waals surface area contributed by atoms with Gasteiger partial charge in [0.2, 0.25) is 0 Å². The molecule has 1 aromatic carbocycles. The Bertz CT molecular complexity index is 450. The lowest BCUT2D eigenvalue weighted by Crippen LogP contribution is -2.27. The van der Waals surface area contributed by atoms with Crippen LogP contribution < -0.4 is 5.32 Å². The number of benzene rings is 1. The highest BCUT2D eigenvalue weighted by molar-refractivity contribution is 9.10. The summed E-state index contributed by atoms with van der Waals surface area (Å²) in [5.41, 5.74) is -0.421. The zero-order chi connectivity index (χ0) is 14.0. The number of hydrogen-bond acceptors (Lipinski definition) is 2. The molecular formula is C13H15BrF3NS. The maximum atomic E-state index is 13.0. The Morgan fingerprint density at radius 3 is 2.68 bits per heavy atom. The molecule has 0 saturated heterocycles. The summed E-state index contributed by atoms with van der Waals surface area (Å²) in [6.45, 7) is 0. The van der Waals surface area contributed by atoms with Crippen LogP contribution in [-0.4, -0.2) is 17.5 Å². The van der Waals surface area contributed by atoms with E-state index in [2.05, 4.69) is 21.2 Å². The van der Waals surface area contributed by atoms with Crippen molar-refractivity contribution in [3.05, 3.63) is 28.2 Å². The van der Waals surface area contributed by atoms with Crippen LogP contribution in [0.15, 0.2) is 22.7 Å². The van der Waals surface area contributed by atoms with Crippen molar-refractivity contribution in [3.8, 4) is 0 Å². The van der Waals surface area contributed by atoms with E-state index in [1.165, 1.54) is 12.1 Å². The van der Waals surface area contributed by atoms with Gasteiger partial charge >= 0.3 is 6.18 Å². The molecule has 0 spiro atoms. The van der Waals surface area contributed by atoms with Crippen molar-refractivity contribution in [1.29, 1.82) is 0 Å². The van der Waals surface area contributed by atoms with Crippen molar-refractivity contribution >= 4 is 33.4 Å². The largest absolute Gasteiger partial charge is 0.418 e. The second-order valence-corrected chi connectivity index (χ2v) is 6.64. The Labute approximate surface area is 123 Å². The van der Waals surface area contributed by atoms with Crippen LogP contribution in [-0.2, 0) is 6.18 Å². The molecule has 1 nitrogen and oxygen atoms in total. The molecule has 0 amide bonds. The van der Waals surface area contributed by atoms with Crippen LogP contribution in [0.5, 0.6) is 0 Å². The normalized spacial score (nSPS) is 23.6. The fourth-order valence-corrected chi connectivity index (χ4v) is 3.75. The van der Waals surface area contributed by atoms with Gasteiger partial charge in [0.15, 0.2) is 0 Å². The predicted octanol–water partition coefficient (Wildman–Crippen LogP) is 5.16. The van der Waals surface area contributed by atoms with E-state index in [1.807, 2.05) is 6.26 Å². The lowest BCUT2D eigenvalue weighted by Gasteiger charge is -2.23. The van der Waals surface area contributed by atoms with Crippen LogP contribution in [0.4, 0.5) is 18.9 Å². The molecular weight excluding hydrogens is 339 g/mol. The van der Waals surface area contributed by atoms with Gasteiger partial charge in [-0.2, -0.15) is 24.9 Å². The molecule has 106 valence electrons. The molecule has 0 radical (unpaired) electrons.